The highest BCUT2D eigenvalue weighted by Gasteiger charge is 2.00. The van der Waals surface area contributed by atoms with Crippen LogP contribution in [0.4, 0.5) is 5.69 Å². The molecule has 1 aliphatic rings. The molecule has 14 heavy (non-hydrogen) atoms. The lowest BCUT2D eigenvalue weighted by atomic mass is 10.2. The fraction of sp³-hybridized carbons (Fsp3) is 0.182. The van der Waals surface area contributed by atoms with Crippen LogP contribution in [0.3, 0.4) is 0 Å². The van der Waals surface area contributed by atoms with Gasteiger partial charge in [-0.05, 0) is 17.7 Å². The van der Waals surface area contributed by atoms with Crippen LogP contribution < -0.4 is 5.73 Å². The number of nitrogens with zero attached hydrogens (tertiary/aromatic N) is 2. The molecule has 0 spiro atoms. The van der Waals surface area contributed by atoms with E-state index in [4.69, 9.17) is 5.73 Å². The number of rotatable bonds is 2. The van der Waals surface area contributed by atoms with Gasteiger partial charge in [0.2, 0.25) is 0 Å². The second-order valence-corrected chi connectivity index (χ2v) is 3.26. The Hall–Kier alpha value is -1.77. The lowest BCUT2D eigenvalue weighted by Gasteiger charge is -2.16. The van der Waals surface area contributed by atoms with Gasteiger partial charge in [-0.1, -0.05) is 18.2 Å². The maximum Gasteiger partial charge on any atom is 0.0659 e. The number of nitrogen functional groups attached to an aromatic ring is 1. The predicted molar refractivity (Wildman–Crippen MR) is 58.6 cm³/mol. The van der Waals surface area contributed by atoms with Gasteiger partial charge in [-0.2, -0.15) is 5.10 Å². The topological polar surface area (TPSA) is 41.6 Å². The quantitative estimate of drug-likeness (QED) is 0.719. The van der Waals surface area contributed by atoms with Crippen LogP contribution in [0.1, 0.15) is 12.0 Å². The maximum atomic E-state index is 5.60. The van der Waals surface area contributed by atoms with Gasteiger partial charge in [0.25, 0.3) is 0 Å². The van der Waals surface area contributed by atoms with Crippen molar-refractivity contribution >= 4 is 11.9 Å². The highest BCUT2D eigenvalue weighted by Crippen LogP contribution is 2.10. The number of allylic oxidation sites excluding steroid dienone is 1. The molecule has 0 saturated carbocycles. The molecule has 1 aromatic carbocycles. The Morgan fingerprint density at radius 3 is 2.71 bits per heavy atom. The number of hydrogen-bond donors (Lipinski definition) is 1. The van der Waals surface area contributed by atoms with Crippen molar-refractivity contribution in [3.8, 4) is 0 Å². The SMILES string of the molecule is Nc1ccc(CN2C=CCC=N2)cc1. The molecule has 72 valence electrons. The molecule has 0 aromatic heterocycles. The van der Waals surface area contributed by atoms with Gasteiger partial charge in [0.05, 0.1) is 6.54 Å². The van der Waals surface area contributed by atoms with E-state index in [0.717, 1.165) is 18.7 Å². The summed E-state index contributed by atoms with van der Waals surface area (Å²) in [4.78, 5) is 0. The molecule has 0 unspecified atom stereocenters. The lowest BCUT2D eigenvalue weighted by molar-refractivity contribution is 0.388. The summed E-state index contributed by atoms with van der Waals surface area (Å²) in [5.74, 6) is 0. The van der Waals surface area contributed by atoms with Gasteiger partial charge in [-0.15, -0.1) is 0 Å². The molecule has 1 heterocycles. The number of anilines is 1. The fourth-order valence-corrected chi connectivity index (χ4v) is 1.34. The summed E-state index contributed by atoms with van der Waals surface area (Å²) in [5.41, 5.74) is 7.61. The van der Waals surface area contributed by atoms with Crippen molar-refractivity contribution in [1.29, 1.82) is 0 Å². The minimum atomic E-state index is 0.798. The van der Waals surface area contributed by atoms with E-state index in [-0.39, 0.29) is 0 Å². The van der Waals surface area contributed by atoms with Gasteiger partial charge in [0, 0.05) is 24.5 Å². The van der Waals surface area contributed by atoms with Crippen molar-refractivity contribution in [2.24, 2.45) is 5.10 Å². The summed E-state index contributed by atoms with van der Waals surface area (Å²) in [6.45, 7) is 0.799. The number of benzene rings is 1. The molecule has 3 heteroatoms. The Morgan fingerprint density at radius 2 is 2.07 bits per heavy atom. The van der Waals surface area contributed by atoms with Gasteiger partial charge >= 0.3 is 0 Å². The first-order valence-electron chi connectivity index (χ1n) is 4.65. The van der Waals surface area contributed by atoms with E-state index in [1.165, 1.54) is 5.56 Å². The van der Waals surface area contributed by atoms with Crippen LogP contribution in [0.15, 0.2) is 41.6 Å². The Morgan fingerprint density at radius 1 is 1.29 bits per heavy atom. The second-order valence-electron chi connectivity index (χ2n) is 3.26. The van der Waals surface area contributed by atoms with Crippen LogP contribution >= 0.6 is 0 Å². The molecule has 0 fully saturated rings. The van der Waals surface area contributed by atoms with Crippen molar-refractivity contribution in [2.75, 3.05) is 5.73 Å². The summed E-state index contributed by atoms with van der Waals surface area (Å²) in [7, 11) is 0. The van der Waals surface area contributed by atoms with Gasteiger partial charge in [0.15, 0.2) is 0 Å². The molecule has 0 atom stereocenters. The van der Waals surface area contributed by atoms with Crippen molar-refractivity contribution < 1.29 is 0 Å². The van der Waals surface area contributed by atoms with Gasteiger partial charge in [0.1, 0.15) is 0 Å². The summed E-state index contributed by atoms with van der Waals surface area (Å²) in [5, 5.41) is 6.15. The summed E-state index contributed by atoms with van der Waals surface area (Å²) in [6, 6.07) is 7.86. The zero-order chi connectivity index (χ0) is 9.80. The Bertz CT molecular complexity index is 339. The zero-order valence-electron chi connectivity index (χ0n) is 7.93. The second kappa shape index (κ2) is 3.96. The molecule has 1 aliphatic heterocycles. The smallest absolute Gasteiger partial charge is 0.0659 e. The third-order valence-corrected chi connectivity index (χ3v) is 2.07. The van der Waals surface area contributed by atoms with Gasteiger partial charge in [-0.3, -0.25) is 5.01 Å². The highest BCUT2D eigenvalue weighted by atomic mass is 15.4. The van der Waals surface area contributed by atoms with Crippen LogP contribution in [0.25, 0.3) is 0 Å². The molecule has 0 radical (unpaired) electrons. The Kier molecular flexibility index (Phi) is 2.49. The van der Waals surface area contributed by atoms with Crippen LogP contribution in [-0.4, -0.2) is 11.2 Å². The summed E-state index contributed by atoms with van der Waals surface area (Å²) >= 11 is 0. The molecule has 2 N–H and O–H groups in total. The molecule has 1 aromatic rings. The fourth-order valence-electron chi connectivity index (χ4n) is 1.34. The van der Waals surface area contributed by atoms with E-state index < -0.39 is 0 Å². The van der Waals surface area contributed by atoms with Crippen molar-refractivity contribution in [1.82, 2.24) is 5.01 Å². The first-order chi connectivity index (χ1) is 6.84. The van der Waals surface area contributed by atoms with Crippen LogP contribution in [0.2, 0.25) is 0 Å². The van der Waals surface area contributed by atoms with E-state index in [1.807, 2.05) is 41.7 Å². The Labute approximate surface area is 83.5 Å². The summed E-state index contributed by atoms with van der Waals surface area (Å²) < 4.78 is 0. The molecule has 0 aliphatic carbocycles. The van der Waals surface area contributed by atoms with E-state index in [0.29, 0.717) is 0 Å². The third kappa shape index (κ3) is 2.13. The maximum absolute atomic E-state index is 5.60. The number of hydrazone groups is 1. The Balaban J connectivity index is 2.03. The van der Waals surface area contributed by atoms with Crippen LogP contribution in [0.5, 0.6) is 0 Å². The predicted octanol–water partition coefficient (Wildman–Crippen LogP) is 1.97. The van der Waals surface area contributed by atoms with Crippen molar-refractivity contribution in [2.45, 2.75) is 13.0 Å². The van der Waals surface area contributed by atoms with Crippen molar-refractivity contribution in [3.63, 3.8) is 0 Å². The standard InChI is InChI=1S/C11H13N3/c12-11-5-3-10(4-6-11)9-14-8-2-1-7-13-14/h2-8H,1,9,12H2. The first-order valence-corrected chi connectivity index (χ1v) is 4.65. The van der Waals surface area contributed by atoms with Gasteiger partial charge in [-0.25, -0.2) is 0 Å². The summed E-state index contributed by atoms with van der Waals surface area (Å²) in [6.07, 6.45) is 6.91. The largest absolute Gasteiger partial charge is 0.399 e. The van der Waals surface area contributed by atoms with E-state index >= 15 is 0 Å². The molecule has 3 nitrogen and oxygen atoms in total. The highest BCUT2D eigenvalue weighted by molar-refractivity contribution is 5.60. The lowest BCUT2D eigenvalue weighted by Crippen LogP contribution is -2.11. The zero-order valence-corrected chi connectivity index (χ0v) is 7.93. The average Bonchev–Trinajstić information content (AvgIpc) is 2.23. The minimum Gasteiger partial charge on any atom is -0.399 e. The van der Waals surface area contributed by atoms with Gasteiger partial charge < -0.3 is 5.73 Å². The van der Waals surface area contributed by atoms with E-state index in [1.54, 1.807) is 0 Å². The monoisotopic (exact) mass is 187 g/mol. The van der Waals surface area contributed by atoms with E-state index in [2.05, 4.69) is 11.2 Å². The first kappa shape index (κ1) is 8.81. The van der Waals surface area contributed by atoms with Crippen molar-refractivity contribution in [3.05, 3.63) is 42.1 Å². The molecule has 0 saturated heterocycles. The number of hydrogen-bond acceptors (Lipinski definition) is 3. The molecular formula is C11H13N3. The normalized spacial score (nSPS) is 14.7. The molecule has 0 amide bonds. The average molecular weight is 187 g/mol. The minimum absolute atomic E-state index is 0.798. The van der Waals surface area contributed by atoms with E-state index in [9.17, 15) is 0 Å². The van der Waals surface area contributed by atoms with Crippen LogP contribution in [0, 0.1) is 0 Å². The number of nitrogens with two attached hydrogens (primary N) is 1. The molecule has 2 rings (SSSR count). The molecule has 0 bridgehead atoms. The van der Waals surface area contributed by atoms with Crippen LogP contribution in [-0.2, 0) is 6.54 Å². The molecular weight excluding hydrogens is 174 g/mol. The third-order valence-electron chi connectivity index (χ3n) is 2.07.